The number of aliphatic carboxylic acids is 1. The van der Waals surface area contributed by atoms with E-state index in [1.54, 1.807) is 30.3 Å². The van der Waals surface area contributed by atoms with Gasteiger partial charge in [0.1, 0.15) is 23.9 Å². The molecule has 0 bridgehead atoms. The predicted octanol–water partition coefficient (Wildman–Crippen LogP) is 4.49. The van der Waals surface area contributed by atoms with E-state index in [0.29, 0.717) is 54.1 Å². The van der Waals surface area contributed by atoms with Gasteiger partial charge in [-0.25, -0.2) is 0 Å². The van der Waals surface area contributed by atoms with Gasteiger partial charge in [-0.1, -0.05) is 44.2 Å². The first-order chi connectivity index (χ1) is 18.3. The number of halogens is 1. The van der Waals surface area contributed by atoms with E-state index in [9.17, 15) is 9.90 Å². The van der Waals surface area contributed by atoms with Gasteiger partial charge in [0.05, 0.1) is 31.8 Å². The molecule has 0 aromatic heterocycles. The molecule has 4 N–H and O–H groups in total. The van der Waals surface area contributed by atoms with Crippen molar-refractivity contribution < 1.29 is 24.1 Å². The van der Waals surface area contributed by atoms with Crippen LogP contribution in [-0.4, -0.2) is 31.6 Å². The molecule has 3 rings (SSSR count). The van der Waals surface area contributed by atoms with E-state index in [0.717, 1.165) is 17.5 Å². The zero-order valence-electron chi connectivity index (χ0n) is 22.6. The molecule has 210 valence electrons. The predicted molar refractivity (Wildman–Crippen MR) is 154 cm³/mol. The molecule has 0 spiro atoms. The number of hydrogen-bond acceptors (Lipinski definition) is 7. The van der Waals surface area contributed by atoms with Crippen molar-refractivity contribution in [2.75, 3.05) is 25.1 Å². The van der Waals surface area contributed by atoms with E-state index in [1.807, 2.05) is 43.3 Å². The molecule has 0 aliphatic rings. The van der Waals surface area contributed by atoms with Crippen molar-refractivity contribution in [3.05, 3.63) is 89.0 Å². The zero-order valence-corrected chi connectivity index (χ0v) is 23.4. The number of carboxylic acids is 1. The van der Waals surface area contributed by atoms with Crippen LogP contribution in [0.5, 0.6) is 11.5 Å². The molecule has 0 saturated carbocycles. The summed E-state index contributed by atoms with van der Waals surface area (Å²) in [6.45, 7) is 7.57. The summed E-state index contributed by atoms with van der Waals surface area (Å²) in [6, 6.07) is 18.8. The van der Waals surface area contributed by atoms with Gasteiger partial charge in [-0.15, -0.1) is 12.4 Å². The first-order valence-corrected chi connectivity index (χ1v) is 12.7. The summed E-state index contributed by atoms with van der Waals surface area (Å²) in [5, 5.41) is 22.9. The van der Waals surface area contributed by atoms with Gasteiger partial charge < -0.3 is 35.2 Å². The lowest BCUT2D eigenvalue weighted by molar-refractivity contribution is -0.307. The molecule has 3 aromatic rings. The molecule has 0 fully saturated rings. The fourth-order valence-corrected chi connectivity index (χ4v) is 4.01. The van der Waals surface area contributed by atoms with Crippen LogP contribution in [0.4, 0.5) is 5.69 Å². The number of benzene rings is 3. The molecule has 39 heavy (non-hydrogen) atoms. The average Bonchev–Trinajstić information content (AvgIpc) is 2.89. The quantitative estimate of drug-likeness (QED) is 0.143. The highest BCUT2D eigenvalue weighted by Gasteiger charge is 2.22. The Kier molecular flexibility index (Phi) is 12.6. The smallest absolute Gasteiger partial charge is 0.125 e. The van der Waals surface area contributed by atoms with E-state index < -0.39 is 12.0 Å². The van der Waals surface area contributed by atoms with Crippen LogP contribution in [0.2, 0.25) is 0 Å². The Hall–Kier alpha value is -3.75. The van der Waals surface area contributed by atoms with Gasteiger partial charge in [0.25, 0.3) is 0 Å². The summed E-state index contributed by atoms with van der Waals surface area (Å²) in [4.78, 5) is 12.3. The van der Waals surface area contributed by atoms with Crippen LogP contribution in [0.15, 0.2) is 66.7 Å². The molecule has 0 aliphatic carbocycles. The number of nitrogen functional groups attached to an aromatic ring is 1. The van der Waals surface area contributed by atoms with Gasteiger partial charge in [-0.3, -0.25) is 5.41 Å². The third-order valence-corrected chi connectivity index (χ3v) is 5.77. The minimum Gasteiger partial charge on any atom is -0.548 e. The molecule has 3 aromatic carbocycles. The minimum atomic E-state index is -1.31. The third kappa shape index (κ3) is 9.50. The molecule has 0 radical (unpaired) electrons. The van der Waals surface area contributed by atoms with E-state index in [1.165, 1.54) is 0 Å². The summed E-state index contributed by atoms with van der Waals surface area (Å²) < 4.78 is 17.7. The summed E-state index contributed by atoms with van der Waals surface area (Å²) in [5.41, 5.74) is 9.00. The summed E-state index contributed by atoms with van der Waals surface area (Å²) in [6.07, 6.45) is 0.742. The summed E-state index contributed by atoms with van der Waals surface area (Å²) in [5.74, 6) is 0.0143. The highest BCUT2D eigenvalue weighted by molar-refractivity contribution is 5.95. The van der Waals surface area contributed by atoms with Crippen LogP contribution in [0.1, 0.15) is 49.1 Å². The number of nitrogens with two attached hydrogens (primary N) is 1. The fourth-order valence-electron chi connectivity index (χ4n) is 4.01. The first-order valence-electron chi connectivity index (χ1n) is 12.7. The van der Waals surface area contributed by atoms with Gasteiger partial charge in [0.2, 0.25) is 0 Å². The molecule has 9 heteroatoms. The van der Waals surface area contributed by atoms with Crippen molar-refractivity contribution in [3.63, 3.8) is 0 Å². The molecule has 0 saturated heterocycles. The zero-order chi connectivity index (χ0) is 27.5. The van der Waals surface area contributed by atoms with Crippen molar-refractivity contribution in [2.45, 2.75) is 39.8 Å². The van der Waals surface area contributed by atoms with Gasteiger partial charge >= 0.3 is 0 Å². The van der Waals surface area contributed by atoms with E-state index in [2.05, 4.69) is 19.2 Å². The monoisotopic (exact) mass is 554 g/mol. The van der Waals surface area contributed by atoms with Crippen LogP contribution in [0, 0.1) is 11.3 Å². The molecule has 0 amide bonds. The second-order valence-corrected chi connectivity index (χ2v) is 9.30. The maximum atomic E-state index is 12.3. The number of ether oxygens (including phenoxy) is 3. The Balaban J connectivity index is 0.00000533. The Morgan fingerprint density at radius 2 is 1.69 bits per heavy atom. The van der Waals surface area contributed by atoms with Crippen molar-refractivity contribution in [3.8, 4) is 11.5 Å². The maximum absolute atomic E-state index is 12.3. The normalized spacial score (nSPS) is 11.4. The number of carboxylic acid groups (broad SMARTS) is 1. The Labute approximate surface area is 236 Å². The highest BCUT2D eigenvalue weighted by Crippen LogP contribution is 2.36. The van der Waals surface area contributed by atoms with Crippen LogP contribution < -0.4 is 25.6 Å². The Morgan fingerprint density at radius 3 is 2.28 bits per heavy atom. The topological polar surface area (TPSA) is 130 Å². The Bertz CT molecular complexity index is 1200. The largest absolute Gasteiger partial charge is 0.548 e. The van der Waals surface area contributed by atoms with Crippen LogP contribution in [-0.2, 0) is 22.6 Å². The molecule has 0 heterocycles. The summed E-state index contributed by atoms with van der Waals surface area (Å²) >= 11 is 0. The van der Waals surface area contributed by atoms with Crippen LogP contribution >= 0.6 is 12.4 Å². The number of rotatable bonds is 15. The number of carbonyl (C=O) groups excluding carboxylic acids is 1. The molecule has 0 aliphatic heterocycles. The van der Waals surface area contributed by atoms with Crippen molar-refractivity contribution in [1.82, 2.24) is 0 Å². The minimum absolute atomic E-state index is 0. The van der Waals surface area contributed by atoms with Crippen LogP contribution in [0.25, 0.3) is 0 Å². The number of hydrogen-bond donors (Lipinski definition) is 3. The number of amidine groups is 1. The van der Waals surface area contributed by atoms with E-state index in [-0.39, 0.29) is 24.8 Å². The standard InChI is InChI=1S/C30H37N3O5.ClH/c1-4-37-26-18-25(28(30(34)35)33-24-12-10-22(11-13-24)29(31)32)27(17-23(26)16-20(2)3)38-15-14-36-19-21-8-6-5-7-9-21;/h5-13,17-18,20,28,33H,4,14-16,19H2,1-3H3,(H3,31,32)(H,34,35);1H/p-1. The number of carbonyl (C=O) groups is 1. The molecule has 1 atom stereocenters. The Morgan fingerprint density at radius 1 is 1.00 bits per heavy atom. The van der Waals surface area contributed by atoms with E-state index in [4.69, 9.17) is 25.4 Å². The van der Waals surface area contributed by atoms with Crippen molar-refractivity contribution in [2.24, 2.45) is 11.7 Å². The fraction of sp³-hybridized carbons (Fsp3) is 0.333. The van der Waals surface area contributed by atoms with Crippen LogP contribution in [0.3, 0.4) is 0 Å². The van der Waals surface area contributed by atoms with Gasteiger partial charge in [0, 0.05) is 16.8 Å². The van der Waals surface area contributed by atoms with Crippen molar-refractivity contribution in [1.29, 1.82) is 5.41 Å². The van der Waals surface area contributed by atoms with Gasteiger partial charge in [0.15, 0.2) is 0 Å². The maximum Gasteiger partial charge on any atom is 0.125 e. The average molecular weight is 555 g/mol. The van der Waals surface area contributed by atoms with Crippen molar-refractivity contribution >= 4 is 29.9 Å². The molecule has 1 unspecified atom stereocenters. The lowest BCUT2D eigenvalue weighted by atomic mass is 9.96. The third-order valence-electron chi connectivity index (χ3n) is 5.77. The lowest BCUT2D eigenvalue weighted by Crippen LogP contribution is -2.34. The second kappa shape index (κ2) is 15.6. The van der Waals surface area contributed by atoms with Gasteiger partial charge in [-0.05, 0) is 66.8 Å². The number of nitrogens with one attached hydrogen (secondary N) is 2. The second-order valence-electron chi connectivity index (χ2n) is 9.30. The highest BCUT2D eigenvalue weighted by atomic mass is 35.5. The summed E-state index contributed by atoms with van der Waals surface area (Å²) in [7, 11) is 0. The SMILES string of the molecule is CCOc1cc(C(Nc2ccc(C(=N)N)cc2)C(=O)[O-])c(OCCOCc2ccccc2)cc1CC(C)C.Cl. The molecular weight excluding hydrogens is 518 g/mol. The first kappa shape index (κ1) is 31.5. The molecular formula is C30H37ClN3O5-. The van der Waals surface area contributed by atoms with Gasteiger partial charge in [-0.2, -0.15) is 0 Å². The molecule has 8 nitrogen and oxygen atoms in total. The number of anilines is 1. The lowest BCUT2D eigenvalue weighted by Gasteiger charge is -2.26. The van der Waals surface area contributed by atoms with E-state index >= 15 is 0 Å².